The fourth-order valence-corrected chi connectivity index (χ4v) is 10.2. The molecule has 0 spiro atoms. The van der Waals surface area contributed by atoms with Gasteiger partial charge in [0.2, 0.25) is 5.96 Å². The summed E-state index contributed by atoms with van der Waals surface area (Å²) >= 11 is 0. The Balaban J connectivity index is 0.00000148. The molecular formula is C63H66N4. The minimum atomic E-state index is 0.0561. The fourth-order valence-electron chi connectivity index (χ4n) is 10.2. The van der Waals surface area contributed by atoms with Crippen LogP contribution in [0.3, 0.4) is 0 Å². The van der Waals surface area contributed by atoms with Crippen LogP contribution in [0.25, 0.3) is 43.9 Å². The zero-order chi connectivity index (χ0) is 47.1. The Bertz CT molecular complexity index is 3140. The van der Waals surface area contributed by atoms with Gasteiger partial charge in [-0.25, -0.2) is 4.99 Å². The predicted octanol–water partition coefficient (Wildman–Crippen LogP) is 16.5. The number of aromatic nitrogens is 1. The van der Waals surface area contributed by atoms with E-state index in [9.17, 15) is 0 Å². The van der Waals surface area contributed by atoms with Crippen LogP contribution in [-0.2, 0) is 31.2 Å². The summed E-state index contributed by atoms with van der Waals surface area (Å²) in [6.45, 7) is 21.9. The van der Waals surface area contributed by atoms with Crippen molar-refractivity contribution >= 4 is 51.3 Å². The summed E-state index contributed by atoms with van der Waals surface area (Å²) in [5.74, 6) is 1.14. The van der Waals surface area contributed by atoms with Crippen molar-refractivity contribution in [3.63, 3.8) is 0 Å². The van der Waals surface area contributed by atoms with Crippen LogP contribution in [-0.4, -0.2) is 23.1 Å². The van der Waals surface area contributed by atoms with Gasteiger partial charge in [0.05, 0.1) is 17.8 Å². The summed E-state index contributed by atoms with van der Waals surface area (Å²) in [7, 11) is 0. The lowest BCUT2D eigenvalue weighted by Gasteiger charge is -2.27. The topological polar surface area (TPSA) is 42.0 Å². The van der Waals surface area contributed by atoms with E-state index < -0.39 is 0 Å². The second-order valence-corrected chi connectivity index (χ2v) is 18.0. The van der Waals surface area contributed by atoms with Gasteiger partial charge in [-0.2, -0.15) is 4.99 Å². The Morgan fingerprint density at radius 1 is 0.731 bits per heavy atom. The molecule has 0 fully saturated rings. The Labute approximate surface area is 399 Å². The fraction of sp³-hybridized carbons (Fsp3) is 0.254. The van der Waals surface area contributed by atoms with Gasteiger partial charge in [-0.3, -0.25) is 9.56 Å². The van der Waals surface area contributed by atoms with Crippen molar-refractivity contribution in [1.82, 2.24) is 4.57 Å². The van der Waals surface area contributed by atoms with E-state index >= 15 is 0 Å². The predicted molar refractivity (Wildman–Crippen MR) is 291 cm³/mol. The van der Waals surface area contributed by atoms with Crippen LogP contribution in [0.4, 0.5) is 0 Å². The molecule has 67 heavy (non-hydrogen) atoms. The van der Waals surface area contributed by atoms with Crippen molar-refractivity contribution in [3.05, 3.63) is 214 Å². The molecule has 0 saturated heterocycles. The largest absolute Gasteiger partial charge is 0.278 e. The molecule has 4 nitrogen and oxygen atoms in total. The van der Waals surface area contributed by atoms with Crippen LogP contribution in [0.1, 0.15) is 125 Å². The van der Waals surface area contributed by atoms with E-state index in [4.69, 9.17) is 15.0 Å². The molecule has 4 heteroatoms. The molecular weight excluding hydrogens is 813 g/mol. The van der Waals surface area contributed by atoms with Gasteiger partial charge in [-0.1, -0.05) is 194 Å². The molecule has 0 saturated carbocycles. The maximum atomic E-state index is 5.39. The first kappa shape index (κ1) is 46.6. The molecule has 0 atom stereocenters. The van der Waals surface area contributed by atoms with E-state index in [-0.39, 0.29) is 5.41 Å². The summed E-state index contributed by atoms with van der Waals surface area (Å²) in [5.41, 5.74) is 19.0. The van der Waals surface area contributed by atoms with Gasteiger partial charge in [-0.15, -0.1) is 0 Å². The number of hydrogen-bond acceptors (Lipinski definition) is 1. The van der Waals surface area contributed by atoms with Gasteiger partial charge in [0.25, 0.3) is 0 Å². The summed E-state index contributed by atoms with van der Waals surface area (Å²) < 4.78 is 2.26. The summed E-state index contributed by atoms with van der Waals surface area (Å²) in [5, 5.41) is 3.61. The monoisotopic (exact) mass is 879 g/mol. The first-order valence-electron chi connectivity index (χ1n) is 24.6. The number of aryl methyl sites for hydroxylation is 1. The van der Waals surface area contributed by atoms with Gasteiger partial charge >= 0.3 is 0 Å². The lowest BCUT2D eigenvalue weighted by Crippen LogP contribution is -2.18. The summed E-state index contributed by atoms with van der Waals surface area (Å²) in [4.78, 5) is 15.4. The molecule has 6 aromatic carbocycles. The molecule has 0 radical (unpaired) electrons. The maximum Gasteiger partial charge on any atom is 0.236 e. The van der Waals surface area contributed by atoms with Crippen molar-refractivity contribution in [2.75, 3.05) is 0 Å². The molecule has 1 heterocycles. The molecule has 0 aliphatic heterocycles. The molecule has 338 valence electrons. The summed E-state index contributed by atoms with van der Waals surface area (Å²) in [6, 6.07) is 46.6. The van der Waals surface area contributed by atoms with Gasteiger partial charge < -0.3 is 0 Å². The molecule has 0 unspecified atom stereocenters. The molecule has 7 aromatic rings. The molecule has 0 N–H and O–H groups in total. The average Bonchev–Trinajstić information content (AvgIpc) is 3.90. The Kier molecular flexibility index (Phi) is 14.4. The van der Waals surface area contributed by atoms with E-state index in [2.05, 4.69) is 179 Å². The standard InChI is InChI=1S/C59H54N4.2C2H6/c1-6-41-33-49-32-40(27-29-50(49)39(41)2)38-61-57(42-18-11-9-12-19-42)62-58(60-5)63-55-37-45-21-14-13-20-44(45)36-53(55)52-26-17-25-51(56(52)63)47-24-16-23-43(34-47)46-28-30-54-48(35-46)22-10-7-8-15-31-59(54,3)4;2*1-2/h7-16,18-21,23-25,27-30,32,34-37H,5-6,17,22,26,31,33,38H2,1-4H3;2*1-2H3/b10-7-,15-8-,61-57?,62-58?;;. The normalized spacial score (nSPS) is 16.2. The van der Waals surface area contributed by atoms with Crippen LogP contribution in [0.5, 0.6) is 0 Å². The van der Waals surface area contributed by atoms with Gasteiger partial charge in [0.15, 0.2) is 5.84 Å². The number of amidine groups is 1. The number of rotatable bonds is 6. The van der Waals surface area contributed by atoms with E-state index in [1.54, 1.807) is 0 Å². The quantitative estimate of drug-likeness (QED) is 0.118. The second-order valence-electron chi connectivity index (χ2n) is 18.0. The molecule has 10 rings (SSSR count). The Morgan fingerprint density at radius 2 is 1.46 bits per heavy atom. The molecule has 1 aromatic heterocycles. The van der Waals surface area contributed by atoms with Gasteiger partial charge in [0, 0.05) is 16.5 Å². The molecule has 0 amide bonds. The lowest BCUT2D eigenvalue weighted by atomic mass is 9.78. The van der Waals surface area contributed by atoms with E-state index in [0.717, 1.165) is 55.3 Å². The van der Waals surface area contributed by atoms with Gasteiger partial charge in [-0.05, 0) is 142 Å². The number of hydrogen-bond donors (Lipinski definition) is 0. The van der Waals surface area contributed by atoms with Crippen molar-refractivity contribution < 1.29 is 0 Å². The third-order valence-corrected chi connectivity index (χ3v) is 13.6. The average molecular weight is 879 g/mol. The number of allylic oxidation sites excluding steroid dienone is 7. The SMILES string of the molecule is C=NC(=NC(=NCc1ccc2c(c1)CC(CC)=C2C)c1ccccc1)n1c2c(c3cc4ccccc4cc31)CCC=C2c1cccc(-c2ccc3c(c2)C/C=C\C=C/CC3(C)C)c1.CC.CC. The molecule has 3 aliphatic carbocycles. The van der Waals surface area contributed by atoms with Gasteiger partial charge in [0.1, 0.15) is 0 Å². The number of fused-ring (bicyclic) bond motifs is 6. The van der Waals surface area contributed by atoms with Crippen LogP contribution < -0.4 is 0 Å². The third-order valence-electron chi connectivity index (χ3n) is 13.6. The van der Waals surface area contributed by atoms with Crippen molar-refractivity contribution in [2.45, 2.75) is 106 Å². The minimum Gasteiger partial charge on any atom is -0.278 e. The summed E-state index contributed by atoms with van der Waals surface area (Å²) in [6.07, 6.45) is 17.2. The van der Waals surface area contributed by atoms with E-state index in [1.807, 2.05) is 45.9 Å². The molecule has 0 bridgehead atoms. The molecule has 3 aliphatic rings. The number of aliphatic imine (C=N–C) groups is 3. The van der Waals surface area contributed by atoms with Crippen molar-refractivity contribution in [3.8, 4) is 11.1 Å². The Morgan fingerprint density at radius 3 is 2.24 bits per heavy atom. The maximum absolute atomic E-state index is 5.39. The third kappa shape index (κ3) is 9.41. The minimum absolute atomic E-state index is 0.0561. The van der Waals surface area contributed by atoms with E-state index in [0.29, 0.717) is 18.3 Å². The first-order valence-corrected chi connectivity index (χ1v) is 24.6. The smallest absolute Gasteiger partial charge is 0.236 e. The zero-order valence-corrected chi connectivity index (χ0v) is 41.0. The Hall–Kier alpha value is -6.91. The highest BCUT2D eigenvalue weighted by Crippen LogP contribution is 2.42. The van der Waals surface area contributed by atoms with Crippen LogP contribution >= 0.6 is 0 Å². The van der Waals surface area contributed by atoms with Crippen molar-refractivity contribution in [2.24, 2.45) is 15.0 Å². The number of nitrogens with zero attached hydrogens (tertiary/aromatic N) is 4. The van der Waals surface area contributed by atoms with Crippen LogP contribution in [0.2, 0.25) is 0 Å². The van der Waals surface area contributed by atoms with Crippen LogP contribution in [0.15, 0.2) is 178 Å². The van der Waals surface area contributed by atoms with E-state index in [1.165, 1.54) is 82.9 Å². The second kappa shape index (κ2) is 20.7. The van der Waals surface area contributed by atoms with Crippen LogP contribution in [0, 0.1) is 0 Å². The lowest BCUT2D eigenvalue weighted by molar-refractivity contribution is 0.530. The highest BCUT2D eigenvalue weighted by molar-refractivity contribution is 6.13. The number of benzene rings is 6. The first-order chi connectivity index (χ1) is 32.8. The van der Waals surface area contributed by atoms with Crippen molar-refractivity contribution in [1.29, 1.82) is 0 Å². The highest BCUT2D eigenvalue weighted by Gasteiger charge is 2.28. The highest BCUT2D eigenvalue weighted by atomic mass is 15.2. The zero-order valence-electron chi connectivity index (χ0n) is 41.0.